The summed E-state index contributed by atoms with van der Waals surface area (Å²) in [6.07, 6.45) is 1.36. The second-order valence-electron chi connectivity index (χ2n) is 10.3. The smallest absolute Gasteiger partial charge is 0.410 e. The van der Waals surface area contributed by atoms with Gasteiger partial charge in [0.2, 0.25) is 0 Å². The minimum atomic E-state index is -0.595. The van der Waals surface area contributed by atoms with Crippen LogP contribution in [0.25, 0.3) is 0 Å². The predicted octanol–water partition coefficient (Wildman–Crippen LogP) is 6.24. The van der Waals surface area contributed by atoms with Crippen LogP contribution in [-0.4, -0.2) is 58.1 Å². The lowest BCUT2D eigenvalue weighted by Gasteiger charge is -2.40. The number of piperazine rings is 1. The number of ether oxygens (including phenoxy) is 1. The molecule has 7 nitrogen and oxygen atoms in total. The summed E-state index contributed by atoms with van der Waals surface area (Å²) >= 11 is 3.25. The fourth-order valence-electron chi connectivity index (χ4n) is 4.05. The third-order valence-electron chi connectivity index (χ3n) is 5.83. The normalized spacial score (nSPS) is 16.5. The second-order valence-corrected chi connectivity index (χ2v) is 11.1. The zero-order valence-corrected chi connectivity index (χ0v) is 23.0. The molecule has 1 saturated heterocycles. The summed E-state index contributed by atoms with van der Waals surface area (Å²) in [6, 6.07) is 4.46. The van der Waals surface area contributed by atoms with Crippen molar-refractivity contribution in [2.24, 2.45) is 0 Å². The van der Waals surface area contributed by atoms with E-state index in [1.54, 1.807) is 22.1 Å². The number of aromatic nitrogens is 1. The molecule has 190 valence electrons. The van der Waals surface area contributed by atoms with E-state index in [4.69, 9.17) is 4.74 Å². The molecule has 2 amide bonds. The first kappa shape index (κ1) is 26.9. The van der Waals surface area contributed by atoms with Gasteiger partial charge in [0.05, 0.1) is 27.1 Å². The first-order valence-corrected chi connectivity index (χ1v) is 12.6. The third-order valence-corrected chi connectivity index (χ3v) is 6.43. The maximum atomic E-state index is 14.6. The number of carbonyl (C=O) groups excluding carboxylic acids is 2. The number of hydrogen-bond donors (Lipinski definition) is 1. The molecule has 0 aliphatic carbocycles. The first-order valence-electron chi connectivity index (χ1n) is 11.8. The Morgan fingerprint density at radius 3 is 2.54 bits per heavy atom. The number of benzene rings is 1. The molecular formula is C26H34BrFN4O3. The van der Waals surface area contributed by atoms with Crippen LogP contribution in [0.15, 0.2) is 28.9 Å². The molecule has 1 fully saturated rings. The summed E-state index contributed by atoms with van der Waals surface area (Å²) in [4.78, 5) is 33.9. The molecule has 9 heteroatoms. The number of nitrogens with zero attached hydrogens (tertiary/aromatic N) is 3. The van der Waals surface area contributed by atoms with Gasteiger partial charge in [-0.3, -0.25) is 9.78 Å². The molecule has 0 unspecified atom stereocenters. The predicted molar refractivity (Wildman–Crippen MR) is 139 cm³/mol. The van der Waals surface area contributed by atoms with Crippen molar-refractivity contribution in [1.29, 1.82) is 0 Å². The molecule has 2 aromatic rings. The van der Waals surface area contributed by atoms with Gasteiger partial charge in [-0.05, 0) is 80.2 Å². The topological polar surface area (TPSA) is 74.8 Å². The number of hydrogen-bond acceptors (Lipinski definition) is 5. The van der Waals surface area contributed by atoms with Crippen LogP contribution in [0.2, 0.25) is 0 Å². The average molecular weight is 549 g/mol. The van der Waals surface area contributed by atoms with Gasteiger partial charge >= 0.3 is 6.09 Å². The van der Waals surface area contributed by atoms with Gasteiger partial charge in [-0.15, -0.1) is 0 Å². The van der Waals surface area contributed by atoms with Crippen molar-refractivity contribution in [2.75, 3.05) is 25.0 Å². The first-order chi connectivity index (χ1) is 16.3. The molecule has 0 radical (unpaired) electrons. The molecule has 1 aliphatic rings. The summed E-state index contributed by atoms with van der Waals surface area (Å²) in [5.41, 5.74) is 2.76. The van der Waals surface area contributed by atoms with Gasteiger partial charge in [0.15, 0.2) is 0 Å². The molecule has 3 rings (SSSR count). The second kappa shape index (κ2) is 10.5. The summed E-state index contributed by atoms with van der Waals surface area (Å²) in [6.45, 7) is 14.4. The minimum Gasteiger partial charge on any atom is -0.444 e. The van der Waals surface area contributed by atoms with Crippen LogP contribution in [-0.2, 0) is 4.74 Å². The van der Waals surface area contributed by atoms with E-state index in [9.17, 15) is 14.0 Å². The number of rotatable bonds is 4. The Kier molecular flexibility index (Phi) is 8.09. The molecule has 1 aliphatic heterocycles. The quantitative estimate of drug-likeness (QED) is 0.489. The standard InChI is InChI=1S/C26H34BrFN4O3/c1-15(2)22-23(16(3)8-9-29-22)30-21-13-19(27)20(28)12-18(21)24(33)32-11-10-31(14-17(32)4)25(34)35-26(5,6)7/h8-9,12-13,15,17,30H,10-11,14H2,1-7H3/t17-/m0/s1. The van der Waals surface area contributed by atoms with Crippen LogP contribution >= 0.6 is 15.9 Å². The van der Waals surface area contributed by atoms with Gasteiger partial charge in [-0.2, -0.15) is 0 Å². The number of aryl methyl sites for hydroxylation is 1. The number of anilines is 2. The lowest BCUT2D eigenvalue weighted by molar-refractivity contribution is 0.00618. The molecular weight excluding hydrogens is 515 g/mol. The van der Waals surface area contributed by atoms with E-state index < -0.39 is 17.5 Å². The minimum absolute atomic E-state index is 0.154. The van der Waals surface area contributed by atoms with Crippen molar-refractivity contribution < 1.29 is 18.7 Å². The Labute approximate surface area is 215 Å². The average Bonchev–Trinajstić information content (AvgIpc) is 2.75. The number of halogens is 2. The summed E-state index contributed by atoms with van der Waals surface area (Å²) < 4.78 is 20.3. The fourth-order valence-corrected chi connectivity index (χ4v) is 4.39. The van der Waals surface area contributed by atoms with Gasteiger partial charge in [0.25, 0.3) is 5.91 Å². The SMILES string of the molecule is Cc1ccnc(C(C)C)c1Nc1cc(Br)c(F)cc1C(=O)N1CCN(C(=O)OC(C)(C)C)C[C@@H]1C. The Morgan fingerprint density at radius 1 is 1.26 bits per heavy atom. The highest BCUT2D eigenvalue weighted by molar-refractivity contribution is 9.10. The van der Waals surface area contributed by atoms with Crippen molar-refractivity contribution in [1.82, 2.24) is 14.8 Å². The largest absolute Gasteiger partial charge is 0.444 e. The van der Waals surface area contributed by atoms with Gasteiger partial charge in [-0.25, -0.2) is 9.18 Å². The van der Waals surface area contributed by atoms with E-state index in [1.807, 2.05) is 54.5 Å². The monoisotopic (exact) mass is 548 g/mol. The summed E-state index contributed by atoms with van der Waals surface area (Å²) in [5, 5.41) is 3.36. The fraction of sp³-hybridized carbons (Fsp3) is 0.500. The van der Waals surface area contributed by atoms with Crippen LogP contribution in [0.4, 0.5) is 20.6 Å². The van der Waals surface area contributed by atoms with Crippen molar-refractivity contribution in [2.45, 2.75) is 66.0 Å². The van der Waals surface area contributed by atoms with Gasteiger partial charge < -0.3 is 19.9 Å². The number of nitrogens with one attached hydrogen (secondary N) is 1. The molecule has 1 atom stereocenters. The van der Waals surface area contributed by atoms with Crippen molar-refractivity contribution in [3.05, 3.63) is 51.5 Å². The molecule has 1 aromatic carbocycles. The van der Waals surface area contributed by atoms with Crippen molar-refractivity contribution in [3.63, 3.8) is 0 Å². The van der Waals surface area contributed by atoms with Crippen LogP contribution in [0, 0.1) is 12.7 Å². The number of carbonyl (C=O) groups is 2. The maximum absolute atomic E-state index is 14.6. The Bertz CT molecular complexity index is 1120. The molecule has 1 aromatic heterocycles. The van der Waals surface area contributed by atoms with E-state index in [2.05, 4.69) is 26.2 Å². The number of amides is 2. The maximum Gasteiger partial charge on any atom is 0.410 e. The third kappa shape index (κ3) is 6.31. The summed E-state index contributed by atoms with van der Waals surface area (Å²) in [5.74, 6) is -0.671. The van der Waals surface area contributed by atoms with E-state index in [0.29, 0.717) is 25.3 Å². The van der Waals surface area contributed by atoms with Crippen LogP contribution in [0.3, 0.4) is 0 Å². The van der Waals surface area contributed by atoms with Crippen LogP contribution in [0.5, 0.6) is 0 Å². The lowest BCUT2D eigenvalue weighted by atomic mass is 10.0. The van der Waals surface area contributed by atoms with E-state index in [-0.39, 0.29) is 27.9 Å². The molecule has 1 N–H and O–H groups in total. The number of pyridine rings is 1. The molecule has 0 saturated carbocycles. The summed E-state index contributed by atoms with van der Waals surface area (Å²) in [7, 11) is 0. The van der Waals surface area contributed by atoms with Crippen LogP contribution in [0.1, 0.15) is 69.1 Å². The highest BCUT2D eigenvalue weighted by atomic mass is 79.9. The van der Waals surface area contributed by atoms with Gasteiger partial charge in [0, 0.05) is 31.9 Å². The zero-order valence-electron chi connectivity index (χ0n) is 21.4. The Balaban J connectivity index is 1.89. The molecule has 0 spiro atoms. The van der Waals surface area contributed by atoms with E-state index in [0.717, 1.165) is 16.9 Å². The van der Waals surface area contributed by atoms with E-state index in [1.165, 1.54) is 6.07 Å². The van der Waals surface area contributed by atoms with Crippen LogP contribution < -0.4 is 5.32 Å². The van der Waals surface area contributed by atoms with Crippen molar-refractivity contribution >= 4 is 39.3 Å². The molecule has 35 heavy (non-hydrogen) atoms. The zero-order chi connectivity index (χ0) is 26.1. The molecule has 2 heterocycles. The van der Waals surface area contributed by atoms with E-state index >= 15 is 0 Å². The highest BCUT2D eigenvalue weighted by Crippen LogP contribution is 2.33. The van der Waals surface area contributed by atoms with Crippen molar-refractivity contribution in [3.8, 4) is 0 Å². The Hall–Kier alpha value is -2.68. The molecule has 0 bridgehead atoms. The van der Waals surface area contributed by atoms with Gasteiger partial charge in [0.1, 0.15) is 11.4 Å². The lowest BCUT2D eigenvalue weighted by Crippen LogP contribution is -2.56. The highest BCUT2D eigenvalue weighted by Gasteiger charge is 2.33. The van der Waals surface area contributed by atoms with Gasteiger partial charge in [-0.1, -0.05) is 13.8 Å². The Morgan fingerprint density at radius 2 is 1.94 bits per heavy atom.